The number of carbonyl (C=O) groups is 1. The van der Waals surface area contributed by atoms with Gasteiger partial charge in [0.25, 0.3) is 5.91 Å². The molecule has 0 radical (unpaired) electrons. The van der Waals surface area contributed by atoms with Crippen LogP contribution < -0.4 is 10.6 Å². The topological polar surface area (TPSA) is 84.7 Å². The highest BCUT2D eigenvalue weighted by atomic mass is 32.1. The van der Waals surface area contributed by atoms with Gasteiger partial charge in [0, 0.05) is 19.0 Å². The summed E-state index contributed by atoms with van der Waals surface area (Å²) in [6, 6.07) is 13.7. The minimum absolute atomic E-state index is 0.126. The summed E-state index contributed by atoms with van der Waals surface area (Å²) in [5.41, 5.74) is 2.46. The molecule has 1 aromatic carbocycles. The number of rotatable bonds is 7. The van der Waals surface area contributed by atoms with Gasteiger partial charge in [-0.25, -0.2) is 14.6 Å². The minimum atomic E-state index is -0.126. The van der Waals surface area contributed by atoms with Crippen molar-refractivity contribution in [3.63, 3.8) is 0 Å². The van der Waals surface area contributed by atoms with E-state index in [0.717, 1.165) is 40.3 Å². The highest BCUT2D eigenvalue weighted by Crippen LogP contribution is 2.39. The van der Waals surface area contributed by atoms with Crippen molar-refractivity contribution in [2.45, 2.75) is 18.8 Å². The van der Waals surface area contributed by atoms with E-state index in [1.807, 2.05) is 47.8 Å². The predicted octanol–water partition coefficient (Wildman–Crippen LogP) is 3.60. The maximum absolute atomic E-state index is 12.9. The molecule has 1 aliphatic rings. The maximum Gasteiger partial charge on any atom is 0.270 e. The molecule has 7 nitrogen and oxygen atoms in total. The van der Waals surface area contributed by atoms with E-state index in [4.69, 9.17) is 5.10 Å². The fourth-order valence-electron chi connectivity index (χ4n) is 3.28. The zero-order valence-electron chi connectivity index (χ0n) is 15.7. The van der Waals surface area contributed by atoms with Crippen LogP contribution in [0.4, 0.5) is 5.82 Å². The van der Waals surface area contributed by atoms with Crippen LogP contribution in [-0.4, -0.2) is 38.7 Å². The number of carbonyl (C=O) groups excluding carboxylic acids is 1. The Kier molecular flexibility index (Phi) is 4.69. The Bertz CT molecular complexity index is 1150. The van der Waals surface area contributed by atoms with Crippen LogP contribution in [-0.2, 0) is 0 Å². The number of thiophene rings is 1. The molecule has 0 unspecified atom stereocenters. The molecule has 1 amide bonds. The first-order valence-corrected chi connectivity index (χ1v) is 10.5. The maximum atomic E-state index is 12.9. The average molecular weight is 404 g/mol. The number of anilines is 1. The Morgan fingerprint density at radius 3 is 2.83 bits per heavy atom. The van der Waals surface area contributed by atoms with Gasteiger partial charge < -0.3 is 10.6 Å². The third kappa shape index (κ3) is 3.71. The molecule has 5 rings (SSSR count). The van der Waals surface area contributed by atoms with Gasteiger partial charge in [-0.05, 0) is 42.5 Å². The van der Waals surface area contributed by atoms with Gasteiger partial charge in [0.15, 0.2) is 0 Å². The number of hydrogen-bond donors (Lipinski definition) is 2. The van der Waals surface area contributed by atoms with Crippen molar-refractivity contribution in [3.05, 3.63) is 65.6 Å². The molecular formula is C21H20N6OS. The Morgan fingerprint density at radius 2 is 2.00 bits per heavy atom. The number of nitrogens with one attached hydrogen (secondary N) is 2. The van der Waals surface area contributed by atoms with Gasteiger partial charge in [-0.3, -0.25) is 4.79 Å². The molecule has 2 N–H and O–H groups in total. The summed E-state index contributed by atoms with van der Waals surface area (Å²) < 4.78 is 1.75. The van der Waals surface area contributed by atoms with Crippen molar-refractivity contribution in [1.82, 2.24) is 25.1 Å². The normalized spacial score (nSPS) is 13.5. The van der Waals surface area contributed by atoms with Crippen molar-refractivity contribution in [2.24, 2.45) is 0 Å². The Hall–Kier alpha value is -3.26. The SMILES string of the molecule is O=C(NCCNc1ncnc2sccc12)c1cc(C2CC2)nn1-c1ccccc1. The van der Waals surface area contributed by atoms with Gasteiger partial charge in [-0.2, -0.15) is 5.10 Å². The number of amides is 1. The van der Waals surface area contributed by atoms with Gasteiger partial charge in [0.2, 0.25) is 0 Å². The van der Waals surface area contributed by atoms with E-state index >= 15 is 0 Å². The number of hydrogen-bond acceptors (Lipinski definition) is 6. The number of benzene rings is 1. The van der Waals surface area contributed by atoms with Crippen LogP contribution in [0, 0.1) is 0 Å². The molecule has 3 aromatic heterocycles. The fraction of sp³-hybridized carbons (Fsp3) is 0.238. The lowest BCUT2D eigenvalue weighted by Crippen LogP contribution is -2.30. The molecule has 0 spiro atoms. The highest BCUT2D eigenvalue weighted by Gasteiger charge is 2.29. The Labute approximate surface area is 171 Å². The van der Waals surface area contributed by atoms with E-state index in [0.29, 0.717) is 24.7 Å². The van der Waals surface area contributed by atoms with Crippen LogP contribution in [0.5, 0.6) is 0 Å². The Morgan fingerprint density at radius 1 is 1.14 bits per heavy atom. The minimum Gasteiger partial charge on any atom is -0.368 e. The lowest BCUT2D eigenvalue weighted by molar-refractivity contribution is 0.0947. The molecule has 8 heteroatoms. The Balaban J connectivity index is 1.27. The molecule has 1 aliphatic carbocycles. The van der Waals surface area contributed by atoms with Crippen molar-refractivity contribution < 1.29 is 4.79 Å². The second-order valence-corrected chi connectivity index (χ2v) is 7.92. The molecule has 4 aromatic rings. The standard InChI is InChI=1S/C21H20N6OS/c28-20(23-10-9-22-19-16-8-11-29-21(16)25-13-24-19)18-12-17(14-6-7-14)26-27(18)15-4-2-1-3-5-15/h1-5,8,11-14H,6-7,9-10H2,(H,23,28)(H,22,24,25). The molecule has 146 valence electrons. The summed E-state index contributed by atoms with van der Waals surface area (Å²) in [5, 5.41) is 14.0. The van der Waals surface area contributed by atoms with Gasteiger partial charge in [0.1, 0.15) is 22.7 Å². The third-order valence-corrected chi connectivity index (χ3v) is 5.74. The largest absolute Gasteiger partial charge is 0.368 e. The van der Waals surface area contributed by atoms with Crippen LogP contribution in [0.15, 0.2) is 54.2 Å². The van der Waals surface area contributed by atoms with E-state index in [2.05, 4.69) is 20.6 Å². The summed E-state index contributed by atoms with van der Waals surface area (Å²) in [7, 11) is 0. The molecule has 0 atom stereocenters. The summed E-state index contributed by atoms with van der Waals surface area (Å²) in [4.78, 5) is 22.3. The second-order valence-electron chi connectivity index (χ2n) is 7.02. The van der Waals surface area contributed by atoms with Crippen molar-refractivity contribution in [2.75, 3.05) is 18.4 Å². The van der Waals surface area contributed by atoms with E-state index < -0.39 is 0 Å². The van der Waals surface area contributed by atoms with E-state index in [1.54, 1.807) is 22.3 Å². The summed E-state index contributed by atoms with van der Waals surface area (Å²) in [6.45, 7) is 1.05. The molecular weight excluding hydrogens is 384 g/mol. The van der Waals surface area contributed by atoms with Crippen LogP contribution in [0.1, 0.15) is 34.9 Å². The quantitative estimate of drug-likeness (QED) is 0.460. The molecule has 0 bridgehead atoms. The lowest BCUT2D eigenvalue weighted by Gasteiger charge is -2.09. The van der Waals surface area contributed by atoms with Crippen molar-refractivity contribution in [3.8, 4) is 5.69 Å². The smallest absolute Gasteiger partial charge is 0.270 e. The monoisotopic (exact) mass is 404 g/mol. The van der Waals surface area contributed by atoms with Crippen LogP contribution >= 0.6 is 11.3 Å². The van der Waals surface area contributed by atoms with Crippen LogP contribution in [0.25, 0.3) is 15.9 Å². The molecule has 29 heavy (non-hydrogen) atoms. The summed E-state index contributed by atoms with van der Waals surface area (Å²) in [5.74, 6) is 1.15. The highest BCUT2D eigenvalue weighted by molar-refractivity contribution is 7.16. The van der Waals surface area contributed by atoms with Gasteiger partial charge in [0.05, 0.1) is 16.8 Å². The lowest BCUT2D eigenvalue weighted by atomic mass is 10.2. The van der Waals surface area contributed by atoms with Crippen LogP contribution in [0.3, 0.4) is 0 Å². The average Bonchev–Trinajstić information content (AvgIpc) is 3.32. The first kappa shape index (κ1) is 17.8. The zero-order valence-corrected chi connectivity index (χ0v) is 16.5. The zero-order chi connectivity index (χ0) is 19.6. The number of para-hydroxylation sites is 1. The van der Waals surface area contributed by atoms with Crippen molar-refractivity contribution >= 4 is 33.3 Å². The van der Waals surface area contributed by atoms with E-state index in [1.165, 1.54) is 0 Å². The van der Waals surface area contributed by atoms with Gasteiger partial charge >= 0.3 is 0 Å². The number of nitrogens with zero attached hydrogens (tertiary/aromatic N) is 4. The molecule has 1 fully saturated rings. The van der Waals surface area contributed by atoms with Crippen LogP contribution in [0.2, 0.25) is 0 Å². The van der Waals surface area contributed by atoms with Gasteiger partial charge in [-0.15, -0.1) is 11.3 Å². The molecule has 3 heterocycles. The molecule has 0 saturated heterocycles. The molecule has 0 aliphatic heterocycles. The first-order chi connectivity index (χ1) is 14.3. The first-order valence-electron chi connectivity index (χ1n) is 9.65. The molecule has 1 saturated carbocycles. The summed E-state index contributed by atoms with van der Waals surface area (Å²) >= 11 is 1.58. The third-order valence-electron chi connectivity index (χ3n) is 4.92. The van der Waals surface area contributed by atoms with Crippen molar-refractivity contribution in [1.29, 1.82) is 0 Å². The van der Waals surface area contributed by atoms with E-state index in [-0.39, 0.29) is 5.91 Å². The fourth-order valence-corrected chi connectivity index (χ4v) is 4.02. The van der Waals surface area contributed by atoms with E-state index in [9.17, 15) is 4.79 Å². The summed E-state index contributed by atoms with van der Waals surface area (Å²) in [6.07, 6.45) is 3.84. The predicted molar refractivity (Wildman–Crippen MR) is 114 cm³/mol. The number of fused-ring (bicyclic) bond motifs is 1. The number of aromatic nitrogens is 4. The second kappa shape index (κ2) is 7.63. The van der Waals surface area contributed by atoms with Gasteiger partial charge in [-0.1, -0.05) is 18.2 Å².